The van der Waals surface area contributed by atoms with E-state index in [1.165, 1.54) is 0 Å². The molecular formula is C10H8N4S. The van der Waals surface area contributed by atoms with Crippen LogP contribution in [0.1, 0.15) is 0 Å². The molecule has 3 rings (SSSR count). The van der Waals surface area contributed by atoms with Crippen LogP contribution in [0.2, 0.25) is 0 Å². The Kier molecular flexibility index (Phi) is 1.78. The van der Waals surface area contributed by atoms with Gasteiger partial charge in [0.1, 0.15) is 10.5 Å². The molecule has 0 saturated heterocycles. The van der Waals surface area contributed by atoms with E-state index in [1.807, 2.05) is 23.9 Å². The normalized spacial score (nSPS) is 11.0. The fourth-order valence-corrected chi connectivity index (χ4v) is 2.44. The highest BCUT2D eigenvalue weighted by molar-refractivity contribution is 7.21. The molecule has 0 amide bonds. The van der Waals surface area contributed by atoms with Gasteiger partial charge in [-0.3, -0.25) is 4.98 Å². The van der Waals surface area contributed by atoms with E-state index in [4.69, 9.17) is 0 Å². The van der Waals surface area contributed by atoms with Crippen LogP contribution >= 0.6 is 11.3 Å². The van der Waals surface area contributed by atoms with Gasteiger partial charge in [0.2, 0.25) is 0 Å². The van der Waals surface area contributed by atoms with E-state index in [0.29, 0.717) is 0 Å². The number of fused-ring (bicyclic) bond motifs is 1. The molecule has 0 aliphatic carbocycles. The standard InChI is InChI=1S/C10H8N4S/c1-14-6-12-5-8(14)10-13-7-4-11-3-2-9(7)15-10/h2-6H,1H3. The van der Waals surface area contributed by atoms with Crippen molar-refractivity contribution in [1.29, 1.82) is 0 Å². The van der Waals surface area contributed by atoms with E-state index in [0.717, 1.165) is 20.9 Å². The number of nitrogens with zero attached hydrogens (tertiary/aromatic N) is 4. The molecule has 0 unspecified atom stereocenters. The smallest absolute Gasteiger partial charge is 0.142 e. The zero-order chi connectivity index (χ0) is 10.3. The molecule has 74 valence electrons. The lowest BCUT2D eigenvalue weighted by Crippen LogP contribution is -1.87. The molecule has 0 aliphatic rings. The van der Waals surface area contributed by atoms with Gasteiger partial charge >= 0.3 is 0 Å². The van der Waals surface area contributed by atoms with E-state index < -0.39 is 0 Å². The first-order valence-corrected chi connectivity index (χ1v) is 5.33. The van der Waals surface area contributed by atoms with Crippen molar-refractivity contribution < 1.29 is 0 Å². The third kappa shape index (κ3) is 1.32. The van der Waals surface area contributed by atoms with Crippen molar-refractivity contribution in [3.05, 3.63) is 31.0 Å². The molecule has 4 nitrogen and oxygen atoms in total. The predicted octanol–water partition coefficient (Wildman–Crippen LogP) is 2.09. The number of pyridine rings is 1. The third-order valence-corrected chi connectivity index (χ3v) is 3.28. The lowest BCUT2D eigenvalue weighted by Gasteiger charge is -1.94. The van der Waals surface area contributed by atoms with Crippen LogP contribution in [-0.2, 0) is 7.05 Å². The zero-order valence-corrected chi connectivity index (χ0v) is 8.90. The molecule has 0 radical (unpaired) electrons. The zero-order valence-electron chi connectivity index (χ0n) is 8.08. The summed E-state index contributed by atoms with van der Waals surface area (Å²) in [7, 11) is 1.96. The van der Waals surface area contributed by atoms with E-state index in [9.17, 15) is 0 Å². The van der Waals surface area contributed by atoms with Gasteiger partial charge in [-0.2, -0.15) is 0 Å². The van der Waals surface area contributed by atoms with Crippen molar-refractivity contribution in [2.24, 2.45) is 7.05 Å². The van der Waals surface area contributed by atoms with Crippen LogP contribution < -0.4 is 0 Å². The van der Waals surface area contributed by atoms with Crippen LogP contribution in [0.15, 0.2) is 31.0 Å². The van der Waals surface area contributed by atoms with Crippen LogP contribution in [-0.4, -0.2) is 19.5 Å². The first kappa shape index (κ1) is 8.55. The van der Waals surface area contributed by atoms with Gasteiger partial charge in [0, 0.05) is 13.2 Å². The van der Waals surface area contributed by atoms with E-state index in [2.05, 4.69) is 15.0 Å². The average molecular weight is 216 g/mol. The summed E-state index contributed by atoms with van der Waals surface area (Å²) in [5.74, 6) is 0. The molecule has 0 N–H and O–H groups in total. The second-order valence-corrected chi connectivity index (χ2v) is 4.28. The molecule has 0 aliphatic heterocycles. The summed E-state index contributed by atoms with van der Waals surface area (Å²) in [6.07, 6.45) is 7.17. The minimum absolute atomic E-state index is 0.943. The topological polar surface area (TPSA) is 43.6 Å². The summed E-state index contributed by atoms with van der Waals surface area (Å²) in [5, 5.41) is 0.984. The highest BCUT2D eigenvalue weighted by Gasteiger charge is 2.08. The monoisotopic (exact) mass is 216 g/mol. The van der Waals surface area contributed by atoms with Crippen LogP contribution in [0.4, 0.5) is 0 Å². The van der Waals surface area contributed by atoms with Crippen LogP contribution in [0.3, 0.4) is 0 Å². The number of thiazole rings is 1. The van der Waals surface area contributed by atoms with Gasteiger partial charge in [-0.1, -0.05) is 0 Å². The Morgan fingerprint density at radius 2 is 2.20 bits per heavy atom. The minimum Gasteiger partial charge on any atom is -0.332 e. The van der Waals surface area contributed by atoms with Gasteiger partial charge in [0.15, 0.2) is 0 Å². The number of imidazole rings is 1. The lowest BCUT2D eigenvalue weighted by atomic mass is 10.4. The maximum absolute atomic E-state index is 4.51. The Hall–Kier alpha value is -1.75. The molecule has 3 aromatic rings. The van der Waals surface area contributed by atoms with Crippen LogP contribution in [0.5, 0.6) is 0 Å². The fraction of sp³-hybridized carbons (Fsp3) is 0.100. The summed E-state index contributed by atoms with van der Waals surface area (Å²) in [5.41, 5.74) is 1.98. The largest absolute Gasteiger partial charge is 0.332 e. The Morgan fingerprint density at radius 3 is 2.93 bits per heavy atom. The maximum atomic E-state index is 4.51. The van der Waals surface area contributed by atoms with Gasteiger partial charge < -0.3 is 4.57 Å². The van der Waals surface area contributed by atoms with Crippen LogP contribution in [0, 0.1) is 0 Å². The van der Waals surface area contributed by atoms with Gasteiger partial charge in [0.25, 0.3) is 0 Å². The maximum Gasteiger partial charge on any atom is 0.142 e. The van der Waals surface area contributed by atoms with E-state index >= 15 is 0 Å². The molecule has 5 heteroatoms. The second-order valence-electron chi connectivity index (χ2n) is 3.25. The molecule has 0 fully saturated rings. The first-order valence-electron chi connectivity index (χ1n) is 4.52. The number of aromatic nitrogens is 4. The Bertz CT molecular complexity index is 577. The van der Waals surface area contributed by atoms with Crippen LogP contribution in [0.25, 0.3) is 20.9 Å². The van der Waals surface area contributed by atoms with Gasteiger partial charge in [-0.25, -0.2) is 9.97 Å². The van der Waals surface area contributed by atoms with Crippen molar-refractivity contribution in [3.63, 3.8) is 0 Å². The summed E-state index contributed by atoms with van der Waals surface area (Å²) in [4.78, 5) is 12.6. The van der Waals surface area contributed by atoms with Crippen molar-refractivity contribution in [2.75, 3.05) is 0 Å². The number of rotatable bonds is 1. The minimum atomic E-state index is 0.943. The van der Waals surface area contributed by atoms with Crippen molar-refractivity contribution in [1.82, 2.24) is 19.5 Å². The average Bonchev–Trinajstić information content (AvgIpc) is 2.82. The number of aryl methyl sites for hydroxylation is 1. The summed E-state index contributed by atoms with van der Waals surface area (Å²) in [6, 6.07) is 1.98. The molecule has 0 saturated carbocycles. The Balaban J connectivity index is 2.24. The van der Waals surface area contributed by atoms with Crippen molar-refractivity contribution in [2.45, 2.75) is 0 Å². The molecule has 0 spiro atoms. The number of hydrogen-bond acceptors (Lipinski definition) is 4. The second kappa shape index (κ2) is 3.13. The van der Waals surface area contributed by atoms with Gasteiger partial charge in [-0.05, 0) is 6.07 Å². The van der Waals surface area contributed by atoms with Gasteiger partial charge in [-0.15, -0.1) is 11.3 Å². The SMILES string of the molecule is Cn1cncc1-c1nc2cnccc2s1. The third-order valence-electron chi connectivity index (χ3n) is 2.23. The molecule has 3 aromatic heterocycles. The van der Waals surface area contributed by atoms with E-state index in [-0.39, 0.29) is 0 Å². The highest BCUT2D eigenvalue weighted by atomic mass is 32.1. The molecular weight excluding hydrogens is 208 g/mol. The number of hydrogen-bond donors (Lipinski definition) is 0. The lowest BCUT2D eigenvalue weighted by molar-refractivity contribution is 0.920. The highest BCUT2D eigenvalue weighted by Crippen LogP contribution is 2.28. The Labute approximate surface area is 90.3 Å². The quantitative estimate of drug-likeness (QED) is 0.625. The summed E-state index contributed by atoms with van der Waals surface area (Å²) in [6.45, 7) is 0. The van der Waals surface area contributed by atoms with E-state index in [1.54, 1.807) is 30.1 Å². The van der Waals surface area contributed by atoms with Crippen molar-refractivity contribution >= 4 is 21.6 Å². The molecule has 0 bridgehead atoms. The first-order chi connectivity index (χ1) is 7.34. The predicted molar refractivity (Wildman–Crippen MR) is 59.6 cm³/mol. The molecule has 0 aromatic carbocycles. The summed E-state index contributed by atoms with van der Waals surface area (Å²) >= 11 is 1.66. The molecule has 3 heterocycles. The molecule has 15 heavy (non-hydrogen) atoms. The van der Waals surface area contributed by atoms with Gasteiger partial charge in [0.05, 0.1) is 29.1 Å². The van der Waals surface area contributed by atoms with Crippen molar-refractivity contribution in [3.8, 4) is 10.7 Å². The fourth-order valence-electron chi connectivity index (χ4n) is 1.45. The summed E-state index contributed by atoms with van der Waals surface area (Å²) < 4.78 is 3.12. The Morgan fingerprint density at radius 1 is 1.27 bits per heavy atom. The molecule has 0 atom stereocenters.